The van der Waals surface area contributed by atoms with Crippen molar-refractivity contribution in [2.75, 3.05) is 32.7 Å². The van der Waals surface area contributed by atoms with Crippen LogP contribution in [-0.2, 0) is 11.3 Å². The van der Waals surface area contributed by atoms with Gasteiger partial charge >= 0.3 is 6.09 Å². The number of hydrogen-bond donors (Lipinski definition) is 1. The van der Waals surface area contributed by atoms with E-state index in [9.17, 15) is 9.59 Å². The van der Waals surface area contributed by atoms with Gasteiger partial charge in [0.15, 0.2) is 5.69 Å². The first-order valence-corrected chi connectivity index (χ1v) is 9.64. The molecule has 0 radical (unpaired) electrons. The minimum absolute atomic E-state index is 0.0952. The summed E-state index contributed by atoms with van der Waals surface area (Å²) in [7, 11) is 0. The van der Waals surface area contributed by atoms with Gasteiger partial charge in [0.25, 0.3) is 5.91 Å². The summed E-state index contributed by atoms with van der Waals surface area (Å²) < 4.78 is 10.8. The van der Waals surface area contributed by atoms with Crippen LogP contribution in [0.5, 0.6) is 0 Å². The third-order valence-corrected chi connectivity index (χ3v) is 5.13. The van der Waals surface area contributed by atoms with Gasteiger partial charge in [0.05, 0.1) is 6.04 Å². The van der Waals surface area contributed by atoms with Crippen molar-refractivity contribution < 1.29 is 18.7 Å². The van der Waals surface area contributed by atoms with Crippen LogP contribution in [0.25, 0.3) is 0 Å². The molecule has 1 aromatic carbocycles. The molecule has 2 fully saturated rings. The van der Waals surface area contributed by atoms with E-state index in [1.54, 1.807) is 9.80 Å². The Labute approximate surface area is 163 Å². The van der Waals surface area contributed by atoms with Crippen molar-refractivity contribution in [3.05, 3.63) is 53.7 Å². The lowest BCUT2D eigenvalue weighted by atomic mass is 10.2. The zero-order valence-corrected chi connectivity index (χ0v) is 15.7. The van der Waals surface area contributed by atoms with Crippen LogP contribution in [-0.4, -0.2) is 59.5 Å². The van der Waals surface area contributed by atoms with Crippen LogP contribution in [0.3, 0.4) is 0 Å². The summed E-state index contributed by atoms with van der Waals surface area (Å²) in [5.41, 5.74) is 1.27. The quantitative estimate of drug-likeness (QED) is 0.869. The van der Waals surface area contributed by atoms with E-state index in [1.807, 2.05) is 30.3 Å². The van der Waals surface area contributed by atoms with Crippen LogP contribution in [0, 0.1) is 0 Å². The van der Waals surface area contributed by atoms with E-state index in [4.69, 9.17) is 9.15 Å². The normalized spacial score (nSPS) is 19.6. The van der Waals surface area contributed by atoms with E-state index in [1.165, 1.54) is 6.26 Å². The second kappa shape index (κ2) is 8.43. The zero-order chi connectivity index (χ0) is 19.3. The number of oxazole rings is 1. The van der Waals surface area contributed by atoms with Crippen molar-refractivity contribution in [3.63, 3.8) is 0 Å². The lowest BCUT2D eigenvalue weighted by molar-refractivity contribution is 0.0539. The standard InChI is InChI=1S/C20H24N4O4/c25-19(17-14-27-18(22-17)16-7-4-8-21-16)23-9-11-24(12-10-23)20(26)28-13-15-5-2-1-3-6-15/h1-3,5-6,14,16,21H,4,7-13H2. The van der Waals surface area contributed by atoms with Crippen molar-refractivity contribution >= 4 is 12.0 Å². The predicted octanol–water partition coefficient (Wildman–Crippen LogP) is 2.19. The third kappa shape index (κ3) is 4.17. The molecule has 0 bridgehead atoms. The van der Waals surface area contributed by atoms with Crippen LogP contribution in [0.2, 0.25) is 0 Å². The summed E-state index contributed by atoms with van der Waals surface area (Å²) in [6, 6.07) is 9.66. The van der Waals surface area contributed by atoms with Gasteiger partial charge in [0, 0.05) is 26.2 Å². The number of aromatic nitrogens is 1. The van der Waals surface area contributed by atoms with Crippen LogP contribution < -0.4 is 5.32 Å². The topological polar surface area (TPSA) is 87.9 Å². The van der Waals surface area contributed by atoms with Gasteiger partial charge in [0.1, 0.15) is 12.9 Å². The van der Waals surface area contributed by atoms with Gasteiger partial charge < -0.3 is 24.3 Å². The molecule has 2 aliphatic rings. The number of carbonyl (C=O) groups is 2. The number of hydrogen-bond acceptors (Lipinski definition) is 6. The highest BCUT2D eigenvalue weighted by molar-refractivity contribution is 5.92. The maximum absolute atomic E-state index is 12.7. The maximum atomic E-state index is 12.7. The molecule has 8 nitrogen and oxygen atoms in total. The lowest BCUT2D eigenvalue weighted by Crippen LogP contribution is -2.50. The number of benzene rings is 1. The first-order chi connectivity index (χ1) is 13.7. The van der Waals surface area contributed by atoms with Gasteiger partial charge in [-0.2, -0.15) is 0 Å². The minimum Gasteiger partial charge on any atom is -0.446 e. The highest BCUT2D eigenvalue weighted by Gasteiger charge is 2.28. The van der Waals surface area contributed by atoms with Crippen molar-refractivity contribution in [3.8, 4) is 0 Å². The molecule has 1 unspecified atom stereocenters. The van der Waals surface area contributed by atoms with E-state index < -0.39 is 0 Å². The van der Waals surface area contributed by atoms with Crippen LogP contribution in [0.4, 0.5) is 4.79 Å². The van der Waals surface area contributed by atoms with E-state index in [2.05, 4.69) is 10.3 Å². The number of ether oxygens (including phenoxy) is 1. The summed E-state index contributed by atoms with van der Waals surface area (Å²) in [4.78, 5) is 32.6. The van der Waals surface area contributed by atoms with Crippen LogP contribution in [0.15, 0.2) is 41.0 Å². The fraction of sp³-hybridized carbons (Fsp3) is 0.450. The van der Waals surface area contributed by atoms with Gasteiger partial charge in [0.2, 0.25) is 5.89 Å². The Morgan fingerprint density at radius 2 is 1.89 bits per heavy atom. The zero-order valence-electron chi connectivity index (χ0n) is 15.7. The Bertz CT molecular complexity index is 809. The molecule has 8 heteroatoms. The van der Waals surface area contributed by atoms with Gasteiger partial charge in [-0.1, -0.05) is 30.3 Å². The van der Waals surface area contributed by atoms with Gasteiger partial charge in [-0.05, 0) is 24.9 Å². The number of amides is 2. The molecule has 28 heavy (non-hydrogen) atoms. The first-order valence-electron chi connectivity index (χ1n) is 9.64. The Hall–Kier alpha value is -2.87. The monoisotopic (exact) mass is 384 g/mol. The molecule has 0 saturated carbocycles. The fourth-order valence-corrected chi connectivity index (χ4v) is 3.51. The molecular weight excluding hydrogens is 360 g/mol. The summed E-state index contributed by atoms with van der Waals surface area (Å²) in [6.45, 7) is 2.96. The number of nitrogens with one attached hydrogen (secondary N) is 1. The molecule has 148 valence electrons. The summed E-state index contributed by atoms with van der Waals surface area (Å²) in [6.07, 6.45) is 3.13. The molecule has 1 N–H and O–H groups in total. The molecule has 2 amide bonds. The largest absolute Gasteiger partial charge is 0.446 e. The second-order valence-corrected chi connectivity index (χ2v) is 7.04. The van der Waals surface area contributed by atoms with E-state index in [-0.39, 0.29) is 24.6 Å². The highest BCUT2D eigenvalue weighted by atomic mass is 16.6. The molecule has 1 aromatic heterocycles. The maximum Gasteiger partial charge on any atom is 0.410 e. The molecule has 2 aliphatic heterocycles. The first kappa shape index (κ1) is 18.5. The van der Waals surface area contributed by atoms with Gasteiger partial charge in [-0.3, -0.25) is 4.79 Å². The van der Waals surface area contributed by atoms with E-state index in [0.717, 1.165) is 24.9 Å². The lowest BCUT2D eigenvalue weighted by Gasteiger charge is -2.33. The predicted molar refractivity (Wildman–Crippen MR) is 101 cm³/mol. The SMILES string of the molecule is O=C(OCc1ccccc1)N1CCN(C(=O)c2coc(C3CCCN3)n2)CC1. The summed E-state index contributed by atoms with van der Waals surface area (Å²) in [5.74, 6) is 0.411. The average molecular weight is 384 g/mol. The molecular formula is C20H24N4O4. The number of carbonyl (C=O) groups excluding carboxylic acids is 2. The summed E-state index contributed by atoms with van der Waals surface area (Å²) >= 11 is 0. The van der Waals surface area contributed by atoms with Crippen molar-refractivity contribution in [1.29, 1.82) is 0 Å². The molecule has 2 aromatic rings. The minimum atomic E-state index is -0.355. The smallest absolute Gasteiger partial charge is 0.410 e. The molecule has 0 aliphatic carbocycles. The van der Waals surface area contributed by atoms with Crippen molar-refractivity contribution in [1.82, 2.24) is 20.1 Å². The Kier molecular flexibility index (Phi) is 5.57. The number of rotatable bonds is 4. The van der Waals surface area contributed by atoms with E-state index in [0.29, 0.717) is 37.8 Å². The number of piperazine rings is 1. The summed E-state index contributed by atoms with van der Waals surface area (Å²) in [5, 5.41) is 3.31. The van der Waals surface area contributed by atoms with E-state index >= 15 is 0 Å². The van der Waals surface area contributed by atoms with Crippen molar-refractivity contribution in [2.24, 2.45) is 0 Å². The molecule has 3 heterocycles. The molecule has 0 spiro atoms. The van der Waals surface area contributed by atoms with Gasteiger partial charge in [-0.15, -0.1) is 0 Å². The molecule has 2 saturated heterocycles. The third-order valence-electron chi connectivity index (χ3n) is 5.13. The highest BCUT2D eigenvalue weighted by Crippen LogP contribution is 2.22. The number of nitrogens with zero attached hydrogens (tertiary/aromatic N) is 3. The van der Waals surface area contributed by atoms with Crippen LogP contribution >= 0.6 is 0 Å². The van der Waals surface area contributed by atoms with Crippen molar-refractivity contribution in [2.45, 2.75) is 25.5 Å². The Morgan fingerprint density at radius 1 is 1.14 bits per heavy atom. The fourth-order valence-electron chi connectivity index (χ4n) is 3.51. The molecule has 4 rings (SSSR count). The Morgan fingerprint density at radius 3 is 2.61 bits per heavy atom. The Balaban J connectivity index is 1.26. The second-order valence-electron chi connectivity index (χ2n) is 7.04. The van der Waals surface area contributed by atoms with Gasteiger partial charge in [-0.25, -0.2) is 9.78 Å². The average Bonchev–Trinajstić information content (AvgIpc) is 3.44. The molecule has 1 atom stereocenters. The van der Waals surface area contributed by atoms with Crippen LogP contribution in [0.1, 0.15) is 40.8 Å².